The minimum atomic E-state index is -3.66. The van der Waals surface area contributed by atoms with Crippen LogP contribution in [0.4, 0.5) is 0 Å². The summed E-state index contributed by atoms with van der Waals surface area (Å²) in [4.78, 5) is 11.5. The molecular weight excluding hydrogens is 310 g/mol. The van der Waals surface area contributed by atoms with Crippen molar-refractivity contribution < 1.29 is 17.9 Å². The molecule has 1 aromatic heterocycles. The molecular formula is C14H15NO4S2. The fourth-order valence-corrected chi connectivity index (χ4v) is 4.06. The van der Waals surface area contributed by atoms with Crippen LogP contribution in [0, 0.1) is 0 Å². The van der Waals surface area contributed by atoms with Gasteiger partial charge in [0.05, 0.1) is 19.6 Å². The molecule has 0 amide bonds. The van der Waals surface area contributed by atoms with Crippen molar-refractivity contribution in [1.29, 1.82) is 0 Å². The number of carbonyl (C=O) groups is 1. The molecule has 1 heterocycles. The van der Waals surface area contributed by atoms with Crippen LogP contribution in [0.1, 0.15) is 18.0 Å². The molecule has 112 valence electrons. The molecule has 1 atom stereocenters. The summed E-state index contributed by atoms with van der Waals surface area (Å²) in [7, 11) is -2.38. The standard InChI is InChI=1S/C14H15NO4S2/c1-19-13(16)10-12(11-6-3-2-4-7-11)15-21(17,18)14-8-5-9-20-14/h2-9,12,15H,10H2,1H3/t12-/m1/s1. The summed E-state index contributed by atoms with van der Waals surface area (Å²) >= 11 is 1.13. The molecule has 1 N–H and O–H groups in total. The predicted octanol–water partition coefficient (Wildman–Crippen LogP) is 2.33. The number of methoxy groups -OCH3 is 1. The highest BCUT2D eigenvalue weighted by Gasteiger charge is 2.24. The zero-order valence-electron chi connectivity index (χ0n) is 11.4. The molecule has 21 heavy (non-hydrogen) atoms. The molecule has 1 aromatic carbocycles. The number of hydrogen-bond donors (Lipinski definition) is 1. The zero-order valence-corrected chi connectivity index (χ0v) is 13.0. The van der Waals surface area contributed by atoms with Gasteiger partial charge in [0.2, 0.25) is 0 Å². The Kier molecular flexibility index (Phi) is 5.11. The van der Waals surface area contributed by atoms with E-state index in [4.69, 9.17) is 0 Å². The smallest absolute Gasteiger partial charge is 0.307 e. The molecule has 2 rings (SSSR count). The first kappa shape index (κ1) is 15.7. The summed E-state index contributed by atoms with van der Waals surface area (Å²) in [5, 5.41) is 1.69. The average molecular weight is 325 g/mol. The lowest BCUT2D eigenvalue weighted by Gasteiger charge is -2.17. The minimum absolute atomic E-state index is 0.0644. The average Bonchev–Trinajstić information content (AvgIpc) is 3.02. The molecule has 2 aromatic rings. The van der Waals surface area contributed by atoms with Crippen molar-refractivity contribution in [2.45, 2.75) is 16.7 Å². The van der Waals surface area contributed by atoms with E-state index in [0.717, 1.165) is 11.3 Å². The fourth-order valence-electron chi connectivity index (χ4n) is 1.82. The van der Waals surface area contributed by atoms with Gasteiger partial charge in [-0.05, 0) is 17.0 Å². The number of benzene rings is 1. The maximum Gasteiger partial charge on any atom is 0.307 e. The summed E-state index contributed by atoms with van der Waals surface area (Å²) in [5.74, 6) is -0.474. The Balaban J connectivity index is 2.26. The van der Waals surface area contributed by atoms with Crippen molar-refractivity contribution in [2.24, 2.45) is 0 Å². The number of thiophene rings is 1. The van der Waals surface area contributed by atoms with Crippen LogP contribution in [-0.4, -0.2) is 21.5 Å². The number of ether oxygens (including phenoxy) is 1. The summed E-state index contributed by atoms with van der Waals surface area (Å²) < 4.78 is 32.0. The molecule has 0 aliphatic heterocycles. The van der Waals surface area contributed by atoms with Gasteiger partial charge in [-0.3, -0.25) is 4.79 Å². The van der Waals surface area contributed by atoms with Crippen LogP contribution < -0.4 is 4.72 Å². The van der Waals surface area contributed by atoms with Crippen LogP contribution in [0.25, 0.3) is 0 Å². The molecule has 0 fully saturated rings. The second-order valence-corrected chi connectivity index (χ2v) is 7.19. The first-order valence-electron chi connectivity index (χ1n) is 6.20. The van der Waals surface area contributed by atoms with E-state index >= 15 is 0 Å². The van der Waals surface area contributed by atoms with Gasteiger partial charge in [-0.25, -0.2) is 13.1 Å². The third-order valence-electron chi connectivity index (χ3n) is 2.86. The van der Waals surface area contributed by atoms with E-state index in [1.165, 1.54) is 13.2 Å². The SMILES string of the molecule is COC(=O)C[C@@H](NS(=O)(=O)c1cccs1)c1ccccc1. The van der Waals surface area contributed by atoms with Crippen LogP contribution in [0.3, 0.4) is 0 Å². The van der Waals surface area contributed by atoms with Crippen molar-refractivity contribution in [3.05, 3.63) is 53.4 Å². The number of nitrogens with one attached hydrogen (secondary N) is 1. The van der Waals surface area contributed by atoms with Crippen LogP contribution in [-0.2, 0) is 19.6 Å². The van der Waals surface area contributed by atoms with Gasteiger partial charge < -0.3 is 4.74 Å². The highest BCUT2D eigenvalue weighted by molar-refractivity contribution is 7.91. The second kappa shape index (κ2) is 6.84. The Morgan fingerprint density at radius 3 is 2.52 bits per heavy atom. The molecule has 0 saturated carbocycles. The van der Waals surface area contributed by atoms with E-state index in [1.807, 2.05) is 6.07 Å². The zero-order chi connectivity index (χ0) is 15.3. The van der Waals surface area contributed by atoms with Crippen molar-refractivity contribution >= 4 is 27.3 Å². The summed E-state index contributed by atoms with van der Waals surface area (Å²) in [6.07, 6.45) is -0.0644. The summed E-state index contributed by atoms with van der Waals surface area (Å²) in [6, 6.07) is 11.5. The third kappa shape index (κ3) is 4.13. The van der Waals surface area contributed by atoms with Gasteiger partial charge in [-0.2, -0.15) is 0 Å². The van der Waals surface area contributed by atoms with Crippen molar-refractivity contribution in [3.8, 4) is 0 Å². The number of sulfonamides is 1. The number of hydrogen-bond acceptors (Lipinski definition) is 5. The monoisotopic (exact) mass is 325 g/mol. The highest BCUT2D eigenvalue weighted by Crippen LogP contribution is 2.22. The molecule has 0 unspecified atom stereocenters. The quantitative estimate of drug-likeness (QED) is 0.827. The number of carbonyl (C=O) groups excluding carboxylic acids is 1. The van der Waals surface area contributed by atoms with Gasteiger partial charge in [0.25, 0.3) is 10.0 Å². The molecule has 0 spiro atoms. The number of esters is 1. The molecule has 0 aliphatic carbocycles. The Bertz CT molecular complexity index is 681. The van der Waals surface area contributed by atoms with Crippen LogP contribution >= 0.6 is 11.3 Å². The predicted molar refractivity (Wildman–Crippen MR) is 80.5 cm³/mol. The summed E-state index contributed by atoms with van der Waals surface area (Å²) in [5.41, 5.74) is 0.711. The van der Waals surface area contributed by atoms with Crippen LogP contribution in [0.15, 0.2) is 52.1 Å². The topological polar surface area (TPSA) is 72.5 Å². The van der Waals surface area contributed by atoms with Crippen LogP contribution in [0.2, 0.25) is 0 Å². The van der Waals surface area contributed by atoms with Crippen molar-refractivity contribution in [1.82, 2.24) is 4.72 Å². The van der Waals surface area contributed by atoms with Crippen LogP contribution in [0.5, 0.6) is 0 Å². The molecule has 0 saturated heterocycles. The minimum Gasteiger partial charge on any atom is -0.469 e. The highest BCUT2D eigenvalue weighted by atomic mass is 32.2. The maximum atomic E-state index is 12.3. The van der Waals surface area contributed by atoms with E-state index in [1.54, 1.807) is 35.7 Å². The maximum absolute atomic E-state index is 12.3. The fraction of sp³-hybridized carbons (Fsp3) is 0.214. The Labute approximate surface area is 127 Å². The first-order chi connectivity index (χ1) is 10.0. The molecule has 0 aliphatic rings. The number of rotatable bonds is 6. The van der Waals surface area contributed by atoms with Gasteiger partial charge in [0.15, 0.2) is 0 Å². The van der Waals surface area contributed by atoms with Crippen molar-refractivity contribution in [3.63, 3.8) is 0 Å². The molecule has 0 bridgehead atoms. The lowest BCUT2D eigenvalue weighted by Crippen LogP contribution is -2.30. The van der Waals surface area contributed by atoms with Crippen molar-refractivity contribution in [2.75, 3.05) is 7.11 Å². The van der Waals surface area contributed by atoms with Gasteiger partial charge >= 0.3 is 5.97 Å². The lowest BCUT2D eigenvalue weighted by molar-refractivity contribution is -0.141. The molecule has 5 nitrogen and oxygen atoms in total. The van der Waals surface area contributed by atoms with E-state index in [-0.39, 0.29) is 10.6 Å². The first-order valence-corrected chi connectivity index (χ1v) is 8.57. The normalized spacial score (nSPS) is 12.8. The van der Waals surface area contributed by atoms with Gasteiger partial charge in [-0.1, -0.05) is 36.4 Å². The van der Waals surface area contributed by atoms with Gasteiger partial charge in [0.1, 0.15) is 4.21 Å². The Morgan fingerprint density at radius 2 is 1.95 bits per heavy atom. The Hall–Kier alpha value is -1.70. The molecule has 0 radical (unpaired) electrons. The van der Waals surface area contributed by atoms with Gasteiger partial charge in [-0.15, -0.1) is 11.3 Å². The van der Waals surface area contributed by atoms with E-state index in [2.05, 4.69) is 9.46 Å². The van der Waals surface area contributed by atoms with E-state index in [9.17, 15) is 13.2 Å². The third-order valence-corrected chi connectivity index (χ3v) is 5.73. The second-order valence-electron chi connectivity index (χ2n) is 4.30. The van der Waals surface area contributed by atoms with E-state index in [0.29, 0.717) is 5.56 Å². The Morgan fingerprint density at radius 1 is 1.24 bits per heavy atom. The van der Waals surface area contributed by atoms with Gasteiger partial charge in [0, 0.05) is 0 Å². The van der Waals surface area contributed by atoms with E-state index < -0.39 is 22.0 Å². The molecule has 7 heteroatoms. The largest absolute Gasteiger partial charge is 0.469 e. The summed E-state index contributed by atoms with van der Waals surface area (Å²) in [6.45, 7) is 0. The lowest BCUT2D eigenvalue weighted by atomic mass is 10.1.